The molecular formula is C22H24N2O4S. The Labute approximate surface area is 174 Å². The maximum absolute atomic E-state index is 13.2. The van der Waals surface area contributed by atoms with Crippen LogP contribution < -0.4 is 4.74 Å². The Morgan fingerprint density at radius 3 is 2.76 bits per heavy atom. The number of piperidine rings is 1. The zero-order valence-electron chi connectivity index (χ0n) is 16.3. The highest BCUT2D eigenvalue weighted by Gasteiger charge is 2.33. The molecule has 2 saturated heterocycles. The minimum absolute atomic E-state index is 0.0290. The van der Waals surface area contributed by atoms with Crippen molar-refractivity contribution in [1.29, 1.82) is 0 Å². The van der Waals surface area contributed by atoms with Crippen LogP contribution in [-0.2, 0) is 16.1 Å². The summed E-state index contributed by atoms with van der Waals surface area (Å²) < 4.78 is 11.2. The van der Waals surface area contributed by atoms with Gasteiger partial charge < -0.3 is 19.3 Å². The Balaban J connectivity index is 1.32. The molecule has 1 unspecified atom stereocenters. The zero-order chi connectivity index (χ0) is 19.8. The molecule has 2 aromatic rings. The molecule has 2 amide bonds. The second kappa shape index (κ2) is 7.80. The van der Waals surface area contributed by atoms with Crippen LogP contribution >= 0.6 is 11.3 Å². The third-order valence-corrected chi connectivity index (χ3v) is 7.11. The first-order valence-corrected chi connectivity index (χ1v) is 11.0. The Kier molecular flexibility index (Phi) is 5.01. The molecule has 6 nitrogen and oxygen atoms in total. The SMILES string of the molecule is O=C(c1cc2c(s1)-c1ccccc1OC2)N1CCCC(C(=O)N2CCOCC2)C1. The van der Waals surface area contributed by atoms with E-state index < -0.39 is 0 Å². The summed E-state index contributed by atoms with van der Waals surface area (Å²) in [5.41, 5.74) is 2.12. The Morgan fingerprint density at radius 2 is 1.90 bits per heavy atom. The number of thiophene rings is 1. The fraction of sp³-hybridized carbons (Fsp3) is 0.455. The van der Waals surface area contributed by atoms with Crippen molar-refractivity contribution in [1.82, 2.24) is 9.80 Å². The molecule has 5 rings (SSSR count). The molecule has 0 spiro atoms. The highest BCUT2D eigenvalue weighted by molar-refractivity contribution is 7.17. The summed E-state index contributed by atoms with van der Waals surface area (Å²) in [7, 11) is 0. The molecule has 0 aliphatic carbocycles. The minimum atomic E-state index is -0.107. The molecule has 2 fully saturated rings. The van der Waals surface area contributed by atoms with E-state index in [1.54, 1.807) is 0 Å². The van der Waals surface area contributed by atoms with Gasteiger partial charge in [0, 0.05) is 42.2 Å². The number of amides is 2. The van der Waals surface area contributed by atoms with E-state index in [-0.39, 0.29) is 17.7 Å². The second-order valence-electron chi connectivity index (χ2n) is 7.78. The number of ether oxygens (including phenoxy) is 2. The number of rotatable bonds is 2. The number of nitrogens with zero attached hydrogens (tertiary/aromatic N) is 2. The summed E-state index contributed by atoms with van der Waals surface area (Å²) in [5.74, 6) is 0.958. The first kappa shape index (κ1) is 18.6. The third-order valence-electron chi connectivity index (χ3n) is 5.92. The van der Waals surface area contributed by atoms with E-state index in [0.29, 0.717) is 46.0 Å². The van der Waals surface area contributed by atoms with Crippen LogP contribution in [0.1, 0.15) is 28.1 Å². The van der Waals surface area contributed by atoms with Crippen molar-refractivity contribution in [3.63, 3.8) is 0 Å². The maximum Gasteiger partial charge on any atom is 0.263 e. The molecule has 3 aliphatic rings. The van der Waals surface area contributed by atoms with Crippen LogP contribution in [0.2, 0.25) is 0 Å². The molecule has 0 N–H and O–H groups in total. The fourth-order valence-electron chi connectivity index (χ4n) is 4.37. The van der Waals surface area contributed by atoms with E-state index in [1.165, 1.54) is 11.3 Å². The lowest BCUT2D eigenvalue weighted by atomic mass is 9.96. The lowest BCUT2D eigenvalue weighted by Crippen LogP contribution is -2.49. The molecule has 29 heavy (non-hydrogen) atoms. The monoisotopic (exact) mass is 412 g/mol. The van der Waals surface area contributed by atoms with Crippen molar-refractivity contribution in [2.45, 2.75) is 19.4 Å². The van der Waals surface area contributed by atoms with E-state index >= 15 is 0 Å². The average molecular weight is 413 g/mol. The van der Waals surface area contributed by atoms with Gasteiger partial charge in [0.15, 0.2) is 0 Å². The molecule has 7 heteroatoms. The van der Waals surface area contributed by atoms with Gasteiger partial charge in [0.05, 0.1) is 24.0 Å². The van der Waals surface area contributed by atoms with Gasteiger partial charge in [-0.3, -0.25) is 9.59 Å². The van der Waals surface area contributed by atoms with Gasteiger partial charge in [0.1, 0.15) is 12.4 Å². The molecule has 1 aromatic carbocycles. The predicted octanol–water partition coefficient (Wildman–Crippen LogP) is 3.02. The Morgan fingerprint density at radius 1 is 1.07 bits per heavy atom. The zero-order valence-corrected chi connectivity index (χ0v) is 17.1. The van der Waals surface area contributed by atoms with Crippen LogP contribution in [0, 0.1) is 5.92 Å². The van der Waals surface area contributed by atoms with Gasteiger partial charge in [-0.15, -0.1) is 11.3 Å². The molecule has 3 aliphatic heterocycles. The lowest BCUT2D eigenvalue weighted by molar-refractivity contribution is -0.141. The van der Waals surface area contributed by atoms with Gasteiger partial charge in [-0.05, 0) is 31.0 Å². The van der Waals surface area contributed by atoms with Crippen molar-refractivity contribution in [3.05, 3.63) is 40.8 Å². The Bertz CT molecular complexity index is 935. The van der Waals surface area contributed by atoms with Crippen molar-refractivity contribution < 1.29 is 19.1 Å². The quantitative estimate of drug-likeness (QED) is 0.761. The van der Waals surface area contributed by atoms with Crippen LogP contribution in [0.3, 0.4) is 0 Å². The molecule has 1 aromatic heterocycles. The molecule has 4 heterocycles. The number of morpholine rings is 1. The summed E-state index contributed by atoms with van der Waals surface area (Å²) in [6.07, 6.45) is 1.71. The first-order chi connectivity index (χ1) is 14.2. The standard InChI is InChI=1S/C22H24N2O4S/c25-21(23-8-10-27-11-9-23)15-4-3-7-24(13-15)22(26)19-12-16-14-28-18-6-2-1-5-17(18)20(16)29-19/h1-2,5-6,12,15H,3-4,7-11,13-14H2. The van der Waals surface area contributed by atoms with Crippen LogP contribution in [0.15, 0.2) is 30.3 Å². The summed E-state index contributed by atoms with van der Waals surface area (Å²) in [6.45, 7) is 4.22. The molecule has 0 bridgehead atoms. The molecular weight excluding hydrogens is 388 g/mol. The van der Waals surface area contributed by atoms with Gasteiger partial charge in [0.2, 0.25) is 5.91 Å². The van der Waals surface area contributed by atoms with Gasteiger partial charge in [-0.2, -0.15) is 0 Å². The van der Waals surface area contributed by atoms with E-state index in [9.17, 15) is 9.59 Å². The number of likely N-dealkylation sites (tertiary alicyclic amines) is 1. The normalized spacial score (nSPS) is 21.2. The van der Waals surface area contributed by atoms with E-state index in [4.69, 9.17) is 9.47 Å². The van der Waals surface area contributed by atoms with Gasteiger partial charge in [-0.25, -0.2) is 0 Å². The number of fused-ring (bicyclic) bond motifs is 3. The number of hydrogen-bond donors (Lipinski definition) is 0. The number of hydrogen-bond acceptors (Lipinski definition) is 5. The first-order valence-electron chi connectivity index (χ1n) is 10.2. The summed E-state index contributed by atoms with van der Waals surface area (Å²) in [4.78, 5) is 31.7. The molecule has 152 valence electrons. The topological polar surface area (TPSA) is 59.1 Å². The van der Waals surface area contributed by atoms with Crippen LogP contribution in [0.5, 0.6) is 5.75 Å². The number of benzene rings is 1. The lowest BCUT2D eigenvalue weighted by Gasteiger charge is -2.36. The van der Waals surface area contributed by atoms with E-state index in [1.807, 2.05) is 40.1 Å². The third kappa shape index (κ3) is 3.53. The fourth-order valence-corrected chi connectivity index (χ4v) is 5.53. The summed E-state index contributed by atoms with van der Waals surface area (Å²) in [6, 6.07) is 9.92. The minimum Gasteiger partial charge on any atom is -0.488 e. The van der Waals surface area contributed by atoms with Crippen molar-refractivity contribution in [2.75, 3.05) is 39.4 Å². The Hall–Kier alpha value is -2.38. The summed E-state index contributed by atoms with van der Waals surface area (Å²) >= 11 is 1.53. The summed E-state index contributed by atoms with van der Waals surface area (Å²) in [5, 5.41) is 0. The number of para-hydroxylation sites is 1. The number of carbonyl (C=O) groups is 2. The second-order valence-corrected chi connectivity index (χ2v) is 8.83. The highest BCUT2D eigenvalue weighted by Crippen LogP contribution is 2.42. The van der Waals surface area contributed by atoms with Crippen molar-refractivity contribution in [2.24, 2.45) is 5.92 Å². The van der Waals surface area contributed by atoms with Crippen LogP contribution in [0.4, 0.5) is 0 Å². The van der Waals surface area contributed by atoms with Gasteiger partial charge >= 0.3 is 0 Å². The smallest absolute Gasteiger partial charge is 0.263 e. The number of carbonyl (C=O) groups excluding carboxylic acids is 2. The maximum atomic E-state index is 13.2. The average Bonchev–Trinajstić information content (AvgIpc) is 3.24. The molecule has 1 atom stereocenters. The van der Waals surface area contributed by atoms with Crippen molar-refractivity contribution in [3.8, 4) is 16.2 Å². The van der Waals surface area contributed by atoms with Crippen LogP contribution in [0.25, 0.3) is 10.4 Å². The van der Waals surface area contributed by atoms with Gasteiger partial charge in [-0.1, -0.05) is 12.1 Å². The molecule has 0 radical (unpaired) electrons. The van der Waals surface area contributed by atoms with Gasteiger partial charge in [0.25, 0.3) is 5.91 Å². The largest absolute Gasteiger partial charge is 0.488 e. The predicted molar refractivity (Wildman–Crippen MR) is 110 cm³/mol. The van der Waals surface area contributed by atoms with Crippen LogP contribution in [-0.4, -0.2) is 61.0 Å². The van der Waals surface area contributed by atoms with Crippen molar-refractivity contribution >= 4 is 23.2 Å². The highest BCUT2D eigenvalue weighted by atomic mass is 32.1. The van der Waals surface area contributed by atoms with E-state index in [0.717, 1.165) is 39.5 Å². The van der Waals surface area contributed by atoms with E-state index in [2.05, 4.69) is 0 Å². The molecule has 0 saturated carbocycles.